The van der Waals surface area contributed by atoms with Crippen LogP contribution in [-0.2, 0) is 9.84 Å². The lowest BCUT2D eigenvalue weighted by Gasteiger charge is -2.08. The second kappa shape index (κ2) is 3.92. The molecule has 0 spiro atoms. The van der Waals surface area contributed by atoms with Crippen LogP contribution in [0.25, 0.3) is 5.57 Å². The first-order valence-electron chi connectivity index (χ1n) is 4.84. The normalized spacial score (nSPS) is 16.8. The number of fused-ring (bicyclic) bond motifs is 1. The maximum atomic E-state index is 11.8. The van der Waals surface area contributed by atoms with E-state index < -0.39 is 9.84 Å². The number of sulfone groups is 1. The van der Waals surface area contributed by atoms with Gasteiger partial charge in [0.05, 0.1) is 12.0 Å². The molecule has 1 aromatic carbocycles. The van der Waals surface area contributed by atoms with Crippen molar-refractivity contribution < 1.29 is 18.3 Å². The highest BCUT2D eigenvalue weighted by Crippen LogP contribution is 2.40. The van der Waals surface area contributed by atoms with Crippen molar-refractivity contribution in [2.45, 2.75) is 11.3 Å². The molecule has 1 aromatic rings. The maximum Gasteiger partial charge on any atom is 0.200 e. The molecule has 0 aliphatic carbocycles. The molecule has 5 heteroatoms. The summed E-state index contributed by atoms with van der Waals surface area (Å²) in [7, 11) is -1.87. The third kappa shape index (κ3) is 1.62. The van der Waals surface area contributed by atoms with Gasteiger partial charge in [0, 0.05) is 17.6 Å². The molecule has 1 N–H and O–H groups in total. The molecule has 0 bridgehead atoms. The van der Waals surface area contributed by atoms with Crippen molar-refractivity contribution in [2.24, 2.45) is 0 Å². The first kappa shape index (κ1) is 11.2. The predicted molar refractivity (Wildman–Crippen MR) is 59.9 cm³/mol. The van der Waals surface area contributed by atoms with E-state index in [0.717, 1.165) is 0 Å². The number of hydrogen-bond donors (Lipinski definition) is 1. The van der Waals surface area contributed by atoms with Gasteiger partial charge in [0.1, 0.15) is 5.75 Å². The fourth-order valence-corrected chi connectivity index (χ4v) is 3.37. The fraction of sp³-hybridized carbons (Fsp3) is 0.273. The SMILES string of the molecule is COc1cccc2c1C(CCO)=CS2(=O)=O. The topological polar surface area (TPSA) is 63.6 Å². The van der Waals surface area contributed by atoms with E-state index >= 15 is 0 Å². The predicted octanol–water partition coefficient (Wildman–Crippen LogP) is 1.21. The van der Waals surface area contributed by atoms with Gasteiger partial charge in [0.2, 0.25) is 9.84 Å². The fourth-order valence-electron chi connectivity index (χ4n) is 1.85. The molecule has 1 aliphatic rings. The van der Waals surface area contributed by atoms with E-state index in [-0.39, 0.29) is 11.5 Å². The zero-order chi connectivity index (χ0) is 11.8. The summed E-state index contributed by atoms with van der Waals surface area (Å²) in [5, 5.41) is 10.1. The van der Waals surface area contributed by atoms with Crippen LogP contribution in [0.4, 0.5) is 0 Å². The van der Waals surface area contributed by atoms with Crippen molar-refractivity contribution >= 4 is 15.4 Å². The van der Waals surface area contributed by atoms with E-state index in [2.05, 4.69) is 0 Å². The number of rotatable bonds is 3. The van der Waals surface area contributed by atoms with Crippen LogP contribution >= 0.6 is 0 Å². The Hall–Kier alpha value is -1.33. The molecule has 0 aromatic heterocycles. The molecule has 1 aliphatic heterocycles. The molecule has 0 fully saturated rings. The van der Waals surface area contributed by atoms with Crippen LogP contribution in [0.5, 0.6) is 5.75 Å². The average molecular weight is 240 g/mol. The van der Waals surface area contributed by atoms with E-state index in [4.69, 9.17) is 9.84 Å². The van der Waals surface area contributed by atoms with Crippen molar-refractivity contribution in [3.63, 3.8) is 0 Å². The lowest BCUT2D eigenvalue weighted by molar-refractivity contribution is 0.305. The Kier molecular flexibility index (Phi) is 2.73. The average Bonchev–Trinajstić information content (AvgIpc) is 2.51. The van der Waals surface area contributed by atoms with Crippen molar-refractivity contribution in [3.05, 3.63) is 29.2 Å². The lowest BCUT2D eigenvalue weighted by Crippen LogP contribution is -1.96. The van der Waals surface area contributed by atoms with Crippen LogP contribution in [0.15, 0.2) is 28.5 Å². The highest BCUT2D eigenvalue weighted by atomic mass is 32.2. The minimum absolute atomic E-state index is 0.0845. The summed E-state index contributed by atoms with van der Waals surface area (Å²) in [6, 6.07) is 4.91. The van der Waals surface area contributed by atoms with E-state index in [1.807, 2.05) is 0 Å². The van der Waals surface area contributed by atoms with Crippen LogP contribution in [0.3, 0.4) is 0 Å². The third-order valence-corrected chi connectivity index (χ3v) is 4.06. The first-order chi connectivity index (χ1) is 7.60. The van der Waals surface area contributed by atoms with Gasteiger partial charge in [-0.1, -0.05) is 6.07 Å². The van der Waals surface area contributed by atoms with Gasteiger partial charge in [-0.25, -0.2) is 8.42 Å². The summed E-state index contributed by atoms with van der Waals surface area (Å²) in [5.74, 6) is 0.526. The third-order valence-electron chi connectivity index (χ3n) is 2.51. The summed E-state index contributed by atoms with van der Waals surface area (Å²) in [6.45, 7) is -0.0845. The number of benzene rings is 1. The van der Waals surface area contributed by atoms with Gasteiger partial charge in [0.25, 0.3) is 0 Å². The van der Waals surface area contributed by atoms with Crippen molar-refractivity contribution in [3.8, 4) is 5.75 Å². The van der Waals surface area contributed by atoms with Gasteiger partial charge in [0.15, 0.2) is 0 Å². The Labute approximate surface area is 94.1 Å². The highest BCUT2D eigenvalue weighted by molar-refractivity contribution is 7.95. The zero-order valence-electron chi connectivity index (χ0n) is 8.80. The van der Waals surface area contributed by atoms with E-state index in [1.54, 1.807) is 18.2 Å². The van der Waals surface area contributed by atoms with Crippen LogP contribution in [0.1, 0.15) is 12.0 Å². The summed E-state index contributed by atoms with van der Waals surface area (Å²) in [4.78, 5) is 0.260. The first-order valence-corrected chi connectivity index (χ1v) is 6.38. The number of hydrogen-bond acceptors (Lipinski definition) is 4. The molecule has 0 amide bonds. The summed E-state index contributed by atoms with van der Waals surface area (Å²) >= 11 is 0. The molecule has 2 rings (SSSR count). The number of methoxy groups -OCH3 is 1. The van der Waals surface area contributed by atoms with Crippen LogP contribution < -0.4 is 4.74 Å². The van der Waals surface area contributed by atoms with Gasteiger partial charge in [-0.3, -0.25) is 0 Å². The second-order valence-corrected chi connectivity index (χ2v) is 5.26. The Bertz CT molecular complexity index is 543. The lowest BCUT2D eigenvalue weighted by atomic mass is 10.0. The van der Waals surface area contributed by atoms with Gasteiger partial charge < -0.3 is 9.84 Å². The van der Waals surface area contributed by atoms with Gasteiger partial charge in [-0.15, -0.1) is 0 Å². The molecule has 1 heterocycles. The molecular formula is C11H12O4S. The molecule has 0 saturated carbocycles. The number of ether oxygens (including phenoxy) is 1. The maximum absolute atomic E-state index is 11.8. The second-order valence-electron chi connectivity index (χ2n) is 3.50. The Morgan fingerprint density at radius 3 is 2.75 bits per heavy atom. The number of aliphatic hydroxyl groups excluding tert-OH is 1. The quantitative estimate of drug-likeness (QED) is 0.862. The molecule has 16 heavy (non-hydrogen) atoms. The standard InChI is InChI=1S/C11H12O4S/c1-15-9-3-2-4-10-11(9)8(5-6-12)7-16(10,13)14/h2-4,7,12H,5-6H2,1H3. The van der Waals surface area contributed by atoms with Crippen LogP contribution in [0.2, 0.25) is 0 Å². The molecular weight excluding hydrogens is 228 g/mol. The Morgan fingerprint density at radius 1 is 1.38 bits per heavy atom. The summed E-state index contributed by atoms with van der Waals surface area (Å²) in [6.07, 6.45) is 0.312. The van der Waals surface area contributed by atoms with E-state index in [9.17, 15) is 8.42 Å². The monoisotopic (exact) mass is 240 g/mol. The Morgan fingerprint density at radius 2 is 2.12 bits per heavy atom. The van der Waals surface area contributed by atoms with Crippen molar-refractivity contribution in [1.29, 1.82) is 0 Å². The van der Waals surface area contributed by atoms with Crippen molar-refractivity contribution in [2.75, 3.05) is 13.7 Å². The molecule has 0 radical (unpaired) electrons. The van der Waals surface area contributed by atoms with E-state index in [1.165, 1.54) is 12.5 Å². The zero-order valence-corrected chi connectivity index (χ0v) is 9.62. The molecule has 4 nitrogen and oxygen atoms in total. The molecule has 86 valence electrons. The van der Waals surface area contributed by atoms with Crippen molar-refractivity contribution in [1.82, 2.24) is 0 Å². The summed E-state index contributed by atoms with van der Waals surface area (Å²) in [5.41, 5.74) is 1.19. The molecule has 0 unspecified atom stereocenters. The van der Waals surface area contributed by atoms with E-state index in [0.29, 0.717) is 23.3 Å². The Balaban J connectivity index is 2.67. The highest BCUT2D eigenvalue weighted by Gasteiger charge is 2.29. The van der Waals surface area contributed by atoms with Crippen LogP contribution in [-0.4, -0.2) is 27.2 Å². The molecule has 0 saturated heterocycles. The number of aliphatic hydroxyl groups is 1. The molecule has 0 atom stereocenters. The van der Waals surface area contributed by atoms with Gasteiger partial charge >= 0.3 is 0 Å². The van der Waals surface area contributed by atoms with Crippen LogP contribution in [0, 0.1) is 0 Å². The largest absolute Gasteiger partial charge is 0.496 e. The smallest absolute Gasteiger partial charge is 0.200 e. The van der Waals surface area contributed by atoms with Gasteiger partial charge in [-0.05, 0) is 24.1 Å². The minimum atomic E-state index is -3.36. The van der Waals surface area contributed by atoms with Gasteiger partial charge in [-0.2, -0.15) is 0 Å². The summed E-state index contributed by atoms with van der Waals surface area (Å²) < 4.78 is 28.7. The minimum Gasteiger partial charge on any atom is -0.496 e.